The average Bonchev–Trinajstić information content (AvgIpc) is 2.28. The predicted octanol–water partition coefficient (Wildman–Crippen LogP) is 1.92. The number of hydrogen-bond donors (Lipinski definition) is 2. The van der Waals surface area contributed by atoms with Crippen molar-refractivity contribution in [3.63, 3.8) is 0 Å². The lowest BCUT2D eigenvalue weighted by Crippen LogP contribution is -2.02. The second-order valence-corrected chi connectivity index (χ2v) is 6.13. The van der Waals surface area contributed by atoms with Crippen LogP contribution >= 0.6 is 0 Å². The molecule has 2 rings (SSSR count). The fourth-order valence-corrected chi connectivity index (χ4v) is 2.59. The van der Waals surface area contributed by atoms with E-state index in [0.717, 1.165) is 17.4 Å². The van der Waals surface area contributed by atoms with Crippen LogP contribution in [0.25, 0.3) is 11.1 Å². The van der Waals surface area contributed by atoms with Gasteiger partial charge in [0.25, 0.3) is 0 Å². The molecule has 0 aromatic heterocycles. The maximum atomic E-state index is 11.6. The highest BCUT2D eigenvalue weighted by Gasteiger charge is 2.12. The summed E-state index contributed by atoms with van der Waals surface area (Å²) in [6.45, 7) is 0. The number of benzene rings is 2. The van der Waals surface area contributed by atoms with Gasteiger partial charge in [-0.3, -0.25) is 0 Å². The summed E-state index contributed by atoms with van der Waals surface area (Å²) in [7, 11) is -3.33. The van der Waals surface area contributed by atoms with Gasteiger partial charge in [0.1, 0.15) is 0 Å². The first kappa shape index (κ1) is 12.4. The van der Waals surface area contributed by atoms with Crippen molar-refractivity contribution in [1.82, 2.24) is 0 Å². The van der Waals surface area contributed by atoms with Crippen molar-refractivity contribution >= 4 is 21.2 Å². The molecule has 2 aromatic rings. The Morgan fingerprint density at radius 1 is 0.944 bits per heavy atom. The quantitative estimate of drug-likeness (QED) is 0.809. The van der Waals surface area contributed by atoms with Gasteiger partial charge in [0.15, 0.2) is 9.84 Å². The first-order valence-electron chi connectivity index (χ1n) is 5.33. The van der Waals surface area contributed by atoms with Gasteiger partial charge in [-0.05, 0) is 35.4 Å². The van der Waals surface area contributed by atoms with Crippen molar-refractivity contribution in [1.29, 1.82) is 0 Å². The van der Waals surface area contributed by atoms with Crippen LogP contribution in [0.2, 0.25) is 0 Å². The van der Waals surface area contributed by atoms with Crippen molar-refractivity contribution in [2.45, 2.75) is 4.90 Å². The molecule has 2 aromatic carbocycles. The molecule has 0 amide bonds. The second-order valence-electron chi connectivity index (χ2n) is 4.15. The fraction of sp³-hybridized carbons (Fsp3) is 0.0769. The molecule has 0 aliphatic rings. The van der Waals surface area contributed by atoms with Crippen LogP contribution in [-0.2, 0) is 9.84 Å². The van der Waals surface area contributed by atoms with E-state index < -0.39 is 9.84 Å². The van der Waals surface area contributed by atoms with Crippen molar-refractivity contribution in [2.24, 2.45) is 0 Å². The third-order valence-electron chi connectivity index (χ3n) is 2.63. The molecule has 0 saturated heterocycles. The highest BCUT2D eigenvalue weighted by Crippen LogP contribution is 2.27. The normalized spacial score (nSPS) is 11.4. The van der Waals surface area contributed by atoms with Crippen molar-refractivity contribution in [2.75, 3.05) is 17.7 Å². The first-order valence-corrected chi connectivity index (χ1v) is 7.22. The smallest absolute Gasteiger partial charge is 0.177 e. The first-order chi connectivity index (χ1) is 8.38. The summed E-state index contributed by atoms with van der Waals surface area (Å²) in [6.07, 6.45) is 1.14. The molecule has 0 saturated carbocycles. The number of rotatable bonds is 2. The molecule has 18 heavy (non-hydrogen) atoms. The van der Waals surface area contributed by atoms with E-state index in [9.17, 15) is 8.42 Å². The topological polar surface area (TPSA) is 86.2 Å². The third kappa shape index (κ3) is 2.46. The third-order valence-corrected chi connectivity index (χ3v) is 3.79. The molecular weight excluding hydrogens is 248 g/mol. The van der Waals surface area contributed by atoms with E-state index in [4.69, 9.17) is 11.5 Å². The van der Waals surface area contributed by atoms with Crippen LogP contribution in [0.5, 0.6) is 0 Å². The van der Waals surface area contributed by atoms with E-state index in [0.29, 0.717) is 5.69 Å². The molecule has 0 atom stereocenters. The molecule has 4 N–H and O–H groups in total. The number of sulfone groups is 1. The molecule has 94 valence electrons. The minimum Gasteiger partial charge on any atom is -0.399 e. The number of nitrogen functional groups attached to an aromatic ring is 2. The van der Waals surface area contributed by atoms with Gasteiger partial charge in [0.05, 0.1) is 10.6 Å². The highest BCUT2D eigenvalue weighted by molar-refractivity contribution is 7.90. The van der Waals surface area contributed by atoms with Crippen LogP contribution < -0.4 is 11.5 Å². The van der Waals surface area contributed by atoms with E-state index in [1.165, 1.54) is 0 Å². The molecule has 0 unspecified atom stereocenters. The van der Waals surface area contributed by atoms with Crippen molar-refractivity contribution < 1.29 is 8.42 Å². The lowest BCUT2D eigenvalue weighted by atomic mass is 10.0. The van der Waals surface area contributed by atoms with E-state index >= 15 is 0 Å². The van der Waals surface area contributed by atoms with Crippen LogP contribution in [0.15, 0.2) is 47.4 Å². The number of nitrogens with two attached hydrogens (primary N) is 2. The number of anilines is 2. The van der Waals surface area contributed by atoms with Gasteiger partial charge in [-0.2, -0.15) is 0 Å². The van der Waals surface area contributed by atoms with E-state index in [1.807, 2.05) is 12.1 Å². The van der Waals surface area contributed by atoms with Crippen LogP contribution in [0.4, 0.5) is 11.4 Å². The molecule has 0 fully saturated rings. The fourth-order valence-electron chi connectivity index (χ4n) is 1.75. The molecule has 0 spiro atoms. The Bertz CT molecular complexity index is 694. The molecule has 0 radical (unpaired) electrons. The molecule has 0 aliphatic carbocycles. The summed E-state index contributed by atoms with van der Waals surface area (Å²) in [5.41, 5.74) is 13.9. The Hall–Kier alpha value is -2.01. The monoisotopic (exact) mass is 262 g/mol. The maximum Gasteiger partial charge on any atom is 0.177 e. The molecule has 4 nitrogen and oxygen atoms in total. The summed E-state index contributed by atoms with van der Waals surface area (Å²) >= 11 is 0. The largest absolute Gasteiger partial charge is 0.399 e. The lowest BCUT2D eigenvalue weighted by Gasteiger charge is -2.08. The van der Waals surface area contributed by atoms with Crippen LogP contribution in [0.1, 0.15) is 0 Å². The molecule has 0 aliphatic heterocycles. The standard InChI is InChI=1S/C13H14N2O2S/c1-18(16,17)13-8-10(5-6-12(13)15)9-3-2-4-11(14)7-9/h2-8H,14-15H2,1H3. The van der Waals surface area contributed by atoms with Crippen molar-refractivity contribution in [3.05, 3.63) is 42.5 Å². The molecular formula is C13H14N2O2S. The van der Waals surface area contributed by atoms with Crippen LogP contribution in [-0.4, -0.2) is 14.7 Å². The van der Waals surface area contributed by atoms with Gasteiger partial charge < -0.3 is 11.5 Å². The Labute approximate surface area is 106 Å². The summed E-state index contributed by atoms with van der Waals surface area (Å²) in [5, 5.41) is 0. The maximum absolute atomic E-state index is 11.6. The minimum atomic E-state index is -3.33. The zero-order valence-corrected chi connectivity index (χ0v) is 10.7. The van der Waals surface area contributed by atoms with Gasteiger partial charge in [-0.15, -0.1) is 0 Å². The average molecular weight is 262 g/mol. The predicted molar refractivity (Wildman–Crippen MR) is 73.8 cm³/mol. The SMILES string of the molecule is CS(=O)(=O)c1cc(-c2cccc(N)c2)ccc1N. The van der Waals surface area contributed by atoms with Gasteiger partial charge >= 0.3 is 0 Å². The second kappa shape index (κ2) is 4.34. The Balaban J connectivity index is 2.61. The summed E-state index contributed by atoms with van der Waals surface area (Å²) in [5.74, 6) is 0. The zero-order valence-electron chi connectivity index (χ0n) is 9.92. The Morgan fingerprint density at radius 2 is 1.61 bits per heavy atom. The van der Waals surface area contributed by atoms with Gasteiger partial charge in [0.2, 0.25) is 0 Å². The van der Waals surface area contributed by atoms with Gasteiger partial charge in [-0.25, -0.2) is 8.42 Å². The Kier molecular flexibility index (Phi) is 3.00. The van der Waals surface area contributed by atoms with Crippen LogP contribution in [0, 0.1) is 0 Å². The summed E-state index contributed by atoms with van der Waals surface area (Å²) < 4.78 is 23.2. The Morgan fingerprint density at radius 3 is 2.22 bits per heavy atom. The number of hydrogen-bond acceptors (Lipinski definition) is 4. The van der Waals surface area contributed by atoms with Gasteiger partial charge in [-0.1, -0.05) is 18.2 Å². The van der Waals surface area contributed by atoms with Crippen LogP contribution in [0.3, 0.4) is 0 Å². The highest BCUT2D eigenvalue weighted by atomic mass is 32.2. The van der Waals surface area contributed by atoms with Gasteiger partial charge in [0, 0.05) is 11.9 Å². The zero-order chi connectivity index (χ0) is 13.3. The summed E-state index contributed by atoms with van der Waals surface area (Å²) in [6, 6.07) is 12.2. The van der Waals surface area contributed by atoms with E-state index in [-0.39, 0.29) is 10.6 Å². The lowest BCUT2D eigenvalue weighted by molar-refractivity contribution is 0.602. The van der Waals surface area contributed by atoms with Crippen molar-refractivity contribution in [3.8, 4) is 11.1 Å². The molecule has 0 heterocycles. The molecule has 0 bridgehead atoms. The molecule has 5 heteroatoms. The van der Waals surface area contributed by atoms with E-state index in [2.05, 4.69) is 0 Å². The summed E-state index contributed by atoms with van der Waals surface area (Å²) in [4.78, 5) is 0.141. The minimum absolute atomic E-state index is 0.141. The van der Waals surface area contributed by atoms with E-state index in [1.54, 1.807) is 30.3 Å².